The first-order valence-electron chi connectivity index (χ1n) is 6.50. The lowest BCUT2D eigenvalue weighted by molar-refractivity contribution is -0.386. The van der Waals surface area contributed by atoms with Gasteiger partial charge in [-0.25, -0.2) is 0 Å². The van der Waals surface area contributed by atoms with Gasteiger partial charge in [-0.2, -0.15) is 4.39 Å². The molecule has 0 aliphatic carbocycles. The number of para-hydroxylation sites is 1. The van der Waals surface area contributed by atoms with E-state index in [1.54, 1.807) is 13.2 Å². The zero-order chi connectivity index (χ0) is 14.7. The molecule has 1 heterocycles. The van der Waals surface area contributed by atoms with Crippen molar-refractivity contribution in [3.05, 3.63) is 34.1 Å². The van der Waals surface area contributed by atoms with Gasteiger partial charge >= 0.3 is 5.69 Å². The van der Waals surface area contributed by atoms with Gasteiger partial charge in [0.05, 0.1) is 11.0 Å². The third-order valence-electron chi connectivity index (χ3n) is 3.73. The van der Waals surface area contributed by atoms with Gasteiger partial charge in [0.1, 0.15) is 5.69 Å². The molecule has 2 atom stereocenters. The molecule has 0 amide bonds. The molecule has 1 aliphatic heterocycles. The van der Waals surface area contributed by atoms with Crippen molar-refractivity contribution in [3.8, 4) is 0 Å². The predicted molar refractivity (Wildman–Crippen MR) is 73.3 cm³/mol. The first-order chi connectivity index (χ1) is 9.58. The Kier molecular flexibility index (Phi) is 4.51. The standard InChI is InChI=1S/C13H18FN3O3/c1-20-10-5-6-16(9(7-10)8-15)12-4-2-3-11(14)13(12)17(18)19/h2-4,9-10H,5-8,15H2,1H3. The number of rotatable bonds is 4. The maximum Gasteiger partial charge on any atom is 0.327 e. The summed E-state index contributed by atoms with van der Waals surface area (Å²) in [5.41, 5.74) is 5.56. The SMILES string of the molecule is COC1CCN(c2cccc(F)c2[N+](=O)[O-])C(CN)C1. The molecule has 1 aromatic carbocycles. The Hall–Kier alpha value is -1.73. The molecule has 0 spiro atoms. The fourth-order valence-corrected chi connectivity index (χ4v) is 2.69. The first-order valence-corrected chi connectivity index (χ1v) is 6.50. The minimum absolute atomic E-state index is 0.0887. The lowest BCUT2D eigenvalue weighted by Crippen LogP contribution is -2.49. The van der Waals surface area contributed by atoms with Crippen LogP contribution in [0.5, 0.6) is 0 Å². The fourth-order valence-electron chi connectivity index (χ4n) is 2.69. The molecule has 2 unspecified atom stereocenters. The van der Waals surface area contributed by atoms with Gasteiger partial charge < -0.3 is 15.4 Å². The molecule has 0 saturated carbocycles. The summed E-state index contributed by atoms with van der Waals surface area (Å²) in [4.78, 5) is 12.2. The fraction of sp³-hybridized carbons (Fsp3) is 0.538. The number of benzene rings is 1. The Labute approximate surface area is 116 Å². The maximum atomic E-state index is 13.7. The van der Waals surface area contributed by atoms with E-state index in [4.69, 9.17) is 10.5 Å². The number of halogens is 1. The average Bonchev–Trinajstić information content (AvgIpc) is 2.45. The highest BCUT2D eigenvalue weighted by Crippen LogP contribution is 2.34. The van der Waals surface area contributed by atoms with Crippen molar-refractivity contribution in [1.82, 2.24) is 0 Å². The molecule has 20 heavy (non-hydrogen) atoms. The molecule has 1 aromatic rings. The second-order valence-electron chi connectivity index (χ2n) is 4.83. The Morgan fingerprint density at radius 3 is 2.95 bits per heavy atom. The summed E-state index contributed by atoms with van der Waals surface area (Å²) in [6.45, 7) is 0.901. The Morgan fingerprint density at radius 2 is 2.35 bits per heavy atom. The van der Waals surface area contributed by atoms with E-state index in [9.17, 15) is 14.5 Å². The summed E-state index contributed by atoms with van der Waals surface area (Å²) < 4.78 is 19.0. The normalized spacial score (nSPS) is 22.9. The van der Waals surface area contributed by atoms with Gasteiger partial charge in [-0.05, 0) is 25.0 Å². The zero-order valence-electron chi connectivity index (χ0n) is 11.3. The van der Waals surface area contributed by atoms with Gasteiger partial charge in [-0.15, -0.1) is 0 Å². The number of ether oxygens (including phenoxy) is 1. The number of anilines is 1. The van der Waals surface area contributed by atoms with Crippen LogP contribution >= 0.6 is 0 Å². The van der Waals surface area contributed by atoms with E-state index < -0.39 is 16.4 Å². The number of methoxy groups -OCH3 is 1. The molecule has 7 heteroatoms. The van der Waals surface area contributed by atoms with Crippen molar-refractivity contribution >= 4 is 11.4 Å². The van der Waals surface area contributed by atoms with E-state index in [0.717, 1.165) is 12.5 Å². The minimum Gasteiger partial charge on any atom is -0.381 e. The minimum atomic E-state index is -0.822. The van der Waals surface area contributed by atoms with Crippen LogP contribution in [0.25, 0.3) is 0 Å². The molecule has 0 bridgehead atoms. The summed E-state index contributed by atoms with van der Waals surface area (Å²) in [7, 11) is 1.64. The molecular formula is C13H18FN3O3. The van der Waals surface area contributed by atoms with Gasteiger partial charge in [0.15, 0.2) is 0 Å². The topological polar surface area (TPSA) is 81.6 Å². The van der Waals surface area contributed by atoms with Crippen molar-refractivity contribution in [1.29, 1.82) is 0 Å². The van der Waals surface area contributed by atoms with Gasteiger partial charge in [-0.1, -0.05) is 6.07 Å². The van der Waals surface area contributed by atoms with Crippen LogP contribution in [0.15, 0.2) is 18.2 Å². The number of nitrogens with two attached hydrogens (primary N) is 1. The highest BCUT2D eigenvalue weighted by atomic mass is 19.1. The molecule has 1 saturated heterocycles. The molecule has 1 fully saturated rings. The number of piperidine rings is 1. The largest absolute Gasteiger partial charge is 0.381 e. The number of hydrogen-bond acceptors (Lipinski definition) is 5. The van der Waals surface area contributed by atoms with Gasteiger partial charge in [0.25, 0.3) is 0 Å². The smallest absolute Gasteiger partial charge is 0.327 e. The quantitative estimate of drug-likeness (QED) is 0.671. The van der Waals surface area contributed by atoms with E-state index in [-0.39, 0.29) is 12.1 Å². The van der Waals surface area contributed by atoms with E-state index >= 15 is 0 Å². The van der Waals surface area contributed by atoms with Crippen LogP contribution in [0.4, 0.5) is 15.8 Å². The van der Waals surface area contributed by atoms with Gasteiger partial charge in [-0.3, -0.25) is 10.1 Å². The van der Waals surface area contributed by atoms with Crippen LogP contribution < -0.4 is 10.6 Å². The Balaban J connectivity index is 2.35. The van der Waals surface area contributed by atoms with Crippen LogP contribution in [-0.4, -0.2) is 37.3 Å². The molecule has 1 aliphatic rings. The number of hydrogen-bond donors (Lipinski definition) is 1. The number of nitro benzene ring substituents is 1. The molecule has 0 radical (unpaired) electrons. The average molecular weight is 283 g/mol. The lowest BCUT2D eigenvalue weighted by atomic mass is 9.98. The third kappa shape index (κ3) is 2.73. The number of nitro groups is 1. The third-order valence-corrected chi connectivity index (χ3v) is 3.73. The lowest BCUT2D eigenvalue weighted by Gasteiger charge is -2.39. The van der Waals surface area contributed by atoms with E-state index in [0.29, 0.717) is 25.2 Å². The van der Waals surface area contributed by atoms with Crippen molar-refractivity contribution in [2.45, 2.75) is 25.0 Å². The molecule has 0 aromatic heterocycles. The molecule has 110 valence electrons. The van der Waals surface area contributed by atoms with Crippen LogP contribution in [0, 0.1) is 15.9 Å². The first kappa shape index (κ1) is 14.7. The van der Waals surface area contributed by atoms with Crippen molar-refractivity contribution in [3.63, 3.8) is 0 Å². The highest BCUT2D eigenvalue weighted by Gasteiger charge is 2.32. The summed E-state index contributed by atoms with van der Waals surface area (Å²) in [6.07, 6.45) is 1.51. The maximum absolute atomic E-state index is 13.7. The van der Waals surface area contributed by atoms with Crippen LogP contribution in [0.3, 0.4) is 0 Å². The molecule has 2 rings (SSSR count). The van der Waals surface area contributed by atoms with Crippen LogP contribution in [0.2, 0.25) is 0 Å². The van der Waals surface area contributed by atoms with Crippen LogP contribution in [0.1, 0.15) is 12.8 Å². The highest BCUT2D eigenvalue weighted by molar-refractivity contribution is 5.64. The molecular weight excluding hydrogens is 265 g/mol. The van der Waals surface area contributed by atoms with Crippen LogP contribution in [-0.2, 0) is 4.74 Å². The second-order valence-corrected chi connectivity index (χ2v) is 4.83. The Morgan fingerprint density at radius 1 is 1.60 bits per heavy atom. The second kappa shape index (κ2) is 6.15. The van der Waals surface area contributed by atoms with Crippen molar-refractivity contribution in [2.24, 2.45) is 5.73 Å². The van der Waals surface area contributed by atoms with E-state index in [1.807, 2.05) is 4.90 Å². The Bertz CT molecular complexity index is 498. The van der Waals surface area contributed by atoms with Crippen molar-refractivity contribution < 1.29 is 14.1 Å². The summed E-state index contributed by atoms with van der Waals surface area (Å²) >= 11 is 0. The van der Waals surface area contributed by atoms with Crippen molar-refractivity contribution in [2.75, 3.05) is 25.1 Å². The van der Waals surface area contributed by atoms with E-state index in [1.165, 1.54) is 6.07 Å². The number of nitrogens with zero attached hydrogens (tertiary/aromatic N) is 2. The molecule has 6 nitrogen and oxygen atoms in total. The summed E-state index contributed by atoms with van der Waals surface area (Å²) in [6, 6.07) is 4.06. The van der Waals surface area contributed by atoms with E-state index in [2.05, 4.69) is 0 Å². The van der Waals surface area contributed by atoms with Gasteiger partial charge in [0, 0.05) is 26.2 Å². The summed E-state index contributed by atoms with van der Waals surface area (Å²) in [5, 5.41) is 11.1. The summed E-state index contributed by atoms with van der Waals surface area (Å²) in [5.74, 6) is -0.822. The predicted octanol–water partition coefficient (Wildman–Crippen LogP) is 1.68. The zero-order valence-corrected chi connectivity index (χ0v) is 11.3. The monoisotopic (exact) mass is 283 g/mol. The molecule has 2 N–H and O–H groups in total. The van der Waals surface area contributed by atoms with Gasteiger partial charge in [0.2, 0.25) is 5.82 Å².